The third kappa shape index (κ3) is 8.45. The van der Waals surface area contributed by atoms with Gasteiger partial charge in [-0.05, 0) is 31.2 Å². The molecule has 166 valence electrons. The Morgan fingerprint density at radius 3 is 2.39 bits per heavy atom. The minimum atomic E-state index is -1.26. The highest BCUT2D eigenvalue weighted by Crippen LogP contribution is 2.33. The van der Waals surface area contributed by atoms with Crippen LogP contribution in [0.25, 0.3) is 0 Å². The molecule has 9 heteroatoms. The summed E-state index contributed by atoms with van der Waals surface area (Å²) < 4.78 is 17.8. The highest BCUT2D eigenvalue weighted by Gasteiger charge is 2.29. The number of aromatic nitrogens is 1. The molecule has 2 atom stereocenters. The predicted octanol–water partition coefficient (Wildman–Crippen LogP) is 2.30. The summed E-state index contributed by atoms with van der Waals surface area (Å²) in [7, 11) is 0. The molecule has 0 aliphatic carbocycles. The van der Waals surface area contributed by atoms with Gasteiger partial charge in [0.25, 0.3) is 0 Å². The van der Waals surface area contributed by atoms with Gasteiger partial charge in [0, 0.05) is 31.4 Å². The average Bonchev–Trinajstić information content (AvgIpc) is 2.79. The maximum absolute atomic E-state index is 9.55. The van der Waals surface area contributed by atoms with Gasteiger partial charge in [-0.2, -0.15) is 0 Å². The molecule has 3 N–H and O–H groups in total. The van der Waals surface area contributed by atoms with E-state index in [2.05, 4.69) is 10.3 Å². The SMILES string of the molecule is CCOc1ccccc1OC(c1ccccn1)C1CNCCO1.O=C(O)/C=C/C(=O)O. The van der Waals surface area contributed by atoms with Crippen molar-refractivity contribution in [3.05, 3.63) is 66.5 Å². The molecule has 3 rings (SSSR count). The number of aliphatic carboxylic acids is 2. The fraction of sp³-hybridized carbons (Fsp3) is 0.318. The Balaban J connectivity index is 0.000000366. The number of rotatable bonds is 8. The van der Waals surface area contributed by atoms with Gasteiger partial charge in [0.05, 0.1) is 18.9 Å². The zero-order chi connectivity index (χ0) is 22.5. The van der Waals surface area contributed by atoms with Gasteiger partial charge in [-0.15, -0.1) is 0 Å². The molecule has 2 aromatic rings. The van der Waals surface area contributed by atoms with Gasteiger partial charge in [-0.25, -0.2) is 9.59 Å². The van der Waals surface area contributed by atoms with E-state index < -0.39 is 11.9 Å². The third-order valence-corrected chi connectivity index (χ3v) is 4.04. The quantitative estimate of drug-likeness (QED) is 0.541. The Morgan fingerprint density at radius 2 is 1.84 bits per heavy atom. The van der Waals surface area contributed by atoms with Gasteiger partial charge < -0.3 is 29.7 Å². The van der Waals surface area contributed by atoms with Crippen molar-refractivity contribution in [2.24, 2.45) is 0 Å². The zero-order valence-electron chi connectivity index (χ0n) is 17.1. The van der Waals surface area contributed by atoms with Crippen LogP contribution >= 0.6 is 0 Å². The number of pyridine rings is 1. The Bertz CT molecular complexity index is 836. The van der Waals surface area contributed by atoms with E-state index in [-0.39, 0.29) is 12.2 Å². The molecule has 1 aromatic carbocycles. The molecule has 0 radical (unpaired) electrons. The van der Waals surface area contributed by atoms with Gasteiger partial charge in [0.15, 0.2) is 17.6 Å². The summed E-state index contributed by atoms with van der Waals surface area (Å²) in [6.07, 6.45) is 2.51. The van der Waals surface area contributed by atoms with Crippen LogP contribution in [0.2, 0.25) is 0 Å². The Labute approximate surface area is 180 Å². The number of nitrogens with one attached hydrogen (secondary N) is 1. The largest absolute Gasteiger partial charge is 0.490 e. The summed E-state index contributed by atoms with van der Waals surface area (Å²) in [5, 5.41) is 19.0. The normalized spacial score (nSPS) is 16.6. The van der Waals surface area contributed by atoms with Crippen LogP contribution in [-0.2, 0) is 14.3 Å². The van der Waals surface area contributed by atoms with Crippen molar-refractivity contribution in [2.45, 2.75) is 19.1 Å². The maximum atomic E-state index is 9.55. The molecule has 1 aliphatic rings. The minimum Gasteiger partial charge on any atom is -0.490 e. The summed E-state index contributed by atoms with van der Waals surface area (Å²) in [6, 6.07) is 13.5. The third-order valence-electron chi connectivity index (χ3n) is 4.04. The van der Waals surface area contributed by atoms with Crippen LogP contribution in [0, 0.1) is 0 Å². The van der Waals surface area contributed by atoms with Crippen LogP contribution in [-0.4, -0.2) is 59.5 Å². The smallest absolute Gasteiger partial charge is 0.328 e. The second-order valence-corrected chi connectivity index (χ2v) is 6.30. The molecule has 2 unspecified atom stereocenters. The van der Waals surface area contributed by atoms with Crippen molar-refractivity contribution in [1.29, 1.82) is 0 Å². The van der Waals surface area contributed by atoms with E-state index in [1.165, 1.54) is 0 Å². The summed E-state index contributed by atoms with van der Waals surface area (Å²) in [5.74, 6) is -1.07. The van der Waals surface area contributed by atoms with Crippen LogP contribution in [0.5, 0.6) is 11.5 Å². The maximum Gasteiger partial charge on any atom is 0.328 e. The number of nitrogens with zero attached hydrogens (tertiary/aromatic N) is 1. The number of hydrogen-bond acceptors (Lipinski definition) is 7. The highest BCUT2D eigenvalue weighted by molar-refractivity contribution is 5.89. The van der Waals surface area contributed by atoms with Gasteiger partial charge in [0.2, 0.25) is 0 Å². The molecule has 0 amide bonds. The highest BCUT2D eigenvalue weighted by atomic mass is 16.6. The second-order valence-electron chi connectivity index (χ2n) is 6.30. The van der Waals surface area contributed by atoms with E-state index in [4.69, 9.17) is 24.4 Å². The van der Waals surface area contributed by atoms with Crippen molar-refractivity contribution in [2.75, 3.05) is 26.3 Å². The molecule has 2 heterocycles. The lowest BCUT2D eigenvalue weighted by Crippen LogP contribution is -2.43. The molecule has 31 heavy (non-hydrogen) atoms. The number of para-hydroxylation sites is 2. The van der Waals surface area contributed by atoms with Gasteiger partial charge in [-0.3, -0.25) is 4.98 Å². The first kappa shape index (κ1) is 23.8. The number of morpholine rings is 1. The number of carbonyl (C=O) groups is 2. The first-order valence-corrected chi connectivity index (χ1v) is 9.77. The number of carboxylic acids is 2. The minimum absolute atomic E-state index is 0.0895. The van der Waals surface area contributed by atoms with Crippen molar-refractivity contribution < 1.29 is 34.0 Å². The molecular formula is C22H26N2O7. The fourth-order valence-corrected chi connectivity index (χ4v) is 2.75. The summed E-state index contributed by atoms with van der Waals surface area (Å²) in [4.78, 5) is 23.6. The van der Waals surface area contributed by atoms with E-state index in [1.807, 2.05) is 49.4 Å². The lowest BCUT2D eigenvalue weighted by molar-refractivity contribution is -0.134. The number of hydrogen-bond donors (Lipinski definition) is 3. The molecule has 1 fully saturated rings. The second kappa shape index (κ2) is 13.0. The van der Waals surface area contributed by atoms with Crippen LogP contribution in [0.3, 0.4) is 0 Å². The fourth-order valence-electron chi connectivity index (χ4n) is 2.75. The molecule has 1 saturated heterocycles. The molecular weight excluding hydrogens is 404 g/mol. The van der Waals surface area contributed by atoms with Gasteiger partial charge >= 0.3 is 11.9 Å². The summed E-state index contributed by atoms with van der Waals surface area (Å²) >= 11 is 0. The lowest BCUT2D eigenvalue weighted by Gasteiger charge is -2.31. The Kier molecular flexibility index (Phi) is 9.99. The van der Waals surface area contributed by atoms with E-state index in [0.717, 1.165) is 24.5 Å². The van der Waals surface area contributed by atoms with Crippen LogP contribution < -0.4 is 14.8 Å². The van der Waals surface area contributed by atoms with Crippen molar-refractivity contribution in [3.8, 4) is 11.5 Å². The Hall–Kier alpha value is -3.43. The molecule has 1 aromatic heterocycles. The molecule has 0 saturated carbocycles. The predicted molar refractivity (Wildman–Crippen MR) is 112 cm³/mol. The summed E-state index contributed by atoms with van der Waals surface area (Å²) in [5.41, 5.74) is 0.854. The lowest BCUT2D eigenvalue weighted by atomic mass is 10.1. The first-order valence-electron chi connectivity index (χ1n) is 9.77. The first-order chi connectivity index (χ1) is 15.0. The van der Waals surface area contributed by atoms with Crippen LogP contribution in [0.15, 0.2) is 60.8 Å². The van der Waals surface area contributed by atoms with Crippen molar-refractivity contribution in [3.63, 3.8) is 0 Å². The van der Waals surface area contributed by atoms with Gasteiger partial charge in [-0.1, -0.05) is 18.2 Å². The van der Waals surface area contributed by atoms with Crippen LogP contribution in [0.1, 0.15) is 18.7 Å². The van der Waals surface area contributed by atoms with Crippen molar-refractivity contribution >= 4 is 11.9 Å². The zero-order valence-corrected chi connectivity index (χ0v) is 17.1. The number of benzene rings is 1. The van der Waals surface area contributed by atoms with E-state index >= 15 is 0 Å². The molecule has 0 bridgehead atoms. The number of ether oxygens (including phenoxy) is 3. The molecule has 1 aliphatic heterocycles. The molecule has 0 spiro atoms. The summed E-state index contributed by atoms with van der Waals surface area (Å²) in [6.45, 7) is 4.82. The monoisotopic (exact) mass is 430 g/mol. The van der Waals surface area contributed by atoms with E-state index in [1.54, 1.807) is 6.20 Å². The van der Waals surface area contributed by atoms with Crippen molar-refractivity contribution in [1.82, 2.24) is 10.3 Å². The van der Waals surface area contributed by atoms with E-state index in [9.17, 15) is 9.59 Å². The Morgan fingerprint density at radius 1 is 1.16 bits per heavy atom. The van der Waals surface area contributed by atoms with Gasteiger partial charge in [0.1, 0.15) is 6.10 Å². The van der Waals surface area contributed by atoms with E-state index in [0.29, 0.717) is 31.1 Å². The number of carboxylic acid groups (broad SMARTS) is 2. The molecule has 9 nitrogen and oxygen atoms in total. The average molecular weight is 430 g/mol. The standard InChI is InChI=1S/C18H22N2O3.C4H4O4/c1-2-21-15-8-3-4-9-16(15)23-18(14-7-5-6-10-20-14)17-13-19-11-12-22-17;5-3(6)1-2-4(7)8/h3-10,17-19H,2,11-13H2,1H3;1-2H,(H,5,6)(H,7,8)/b;2-1+. The topological polar surface area (TPSA) is 127 Å². The van der Waals surface area contributed by atoms with Crippen LogP contribution in [0.4, 0.5) is 0 Å².